The maximum absolute atomic E-state index is 12.4. The number of amides is 1. The number of hydrogen-bond acceptors (Lipinski definition) is 4. The van der Waals surface area contributed by atoms with Crippen molar-refractivity contribution in [1.29, 1.82) is 0 Å². The Morgan fingerprint density at radius 1 is 1.42 bits per heavy atom. The summed E-state index contributed by atoms with van der Waals surface area (Å²) in [4.78, 5) is 12.3. The third-order valence-electron chi connectivity index (χ3n) is 5.01. The molecule has 5 nitrogen and oxygen atoms in total. The fraction of sp³-hybridized carbons (Fsp3) is 0.812. The Balaban J connectivity index is 2.41. The number of aliphatic hydroxyl groups is 1. The van der Waals surface area contributed by atoms with Crippen molar-refractivity contribution >= 4 is 72.6 Å². The first-order chi connectivity index (χ1) is 11.8. The van der Waals surface area contributed by atoms with E-state index in [1.165, 1.54) is 0 Å². The Morgan fingerprint density at radius 3 is 2.46 bits per heavy atom. The fourth-order valence-electron chi connectivity index (χ4n) is 3.56. The molecule has 1 saturated heterocycles. The molecule has 1 aliphatic carbocycles. The molecule has 0 aromatic rings. The van der Waals surface area contributed by atoms with Crippen LogP contribution in [0.5, 0.6) is 0 Å². The van der Waals surface area contributed by atoms with E-state index in [4.69, 9.17) is 44.3 Å². The van der Waals surface area contributed by atoms with Gasteiger partial charge in [0.15, 0.2) is 5.79 Å². The highest BCUT2D eigenvalue weighted by atomic mass is 79.9. The highest BCUT2D eigenvalue weighted by Gasteiger charge is 2.57. The second-order valence-corrected chi connectivity index (χ2v) is 12.2. The molecular formula is C16H22Br2Cl3NO4. The smallest absolute Gasteiger partial charge is 0.272 e. The van der Waals surface area contributed by atoms with E-state index in [9.17, 15) is 9.90 Å². The molecule has 1 unspecified atom stereocenters. The van der Waals surface area contributed by atoms with Crippen molar-refractivity contribution < 1.29 is 19.4 Å². The molecule has 2 rings (SSSR count). The minimum atomic E-state index is -2.10. The van der Waals surface area contributed by atoms with Crippen LogP contribution in [0, 0.1) is 5.92 Å². The maximum atomic E-state index is 12.4. The van der Waals surface area contributed by atoms with Crippen LogP contribution < -0.4 is 5.32 Å². The Labute approximate surface area is 185 Å². The molecule has 0 aromatic heterocycles. The number of ether oxygens (including phenoxy) is 2. The lowest BCUT2D eigenvalue weighted by molar-refractivity contribution is -0.150. The summed E-state index contributed by atoms with van der Waals surface area (Å²) in [6, 6.07) is 0. The number of rotatable bonds is 4. The zero-order valence-electron chi connectivity index (χ0n) is 14.4. The predicted octanol–water partition coefficient (Wildman–Crippen LogP) is 3.85. The molecule has 2 N–H and O–H groups in total. The zero-order chi connectivity index (χ0) is 20.0. The van der Waals surface area contributed by atoms with Gasteiger partial charge in [-0.25, -0.2) is 0 Å². The van der Waals surface area contributed by atoms with Crippen LogP contribution in [0.3, 0.4) is 0 Å². The van der Waals surface area contributed by atoms with E-state index in [0.717, 1.165) is 0 Å². The number of hydrogen-bond donors (Lipinski definition) is 2. The van der Waals surface area contributed by atoms with Gasteiger partial charge in [-0.15, -0.1) is 6.58 Å². The number of alkyl halides is 5. The first kappa shape index (κ1) is 23.2. The number of nitrogens with one attached hydrogen (secondary N) is 1. The molecule has 150 valence electrons. The average molecular weight is 559 g/mol. The van der Waals surface area contributed by atoms with Gasteiger partial charge in [0.1, 0.15) is 0 Å². The molecule has 1 aliphatic heterocycles. The first-order valence-corrected chi connectivity index (χ1v) is 10.9. The Morgan fingerprint density at radius 2 is 2.04 bits per heavy atom. The van der Waals surface area contributed by atoms with Gasteiger partial charge in [0, 0.05) is 10.7 Å². The second-order valence-electron chi connectivity index (χ2n) is 7.24. The second kappa shape index (κ2) is 7.98. The summed E-state index contributed by atoms with van der Waals surface area (Å²) in [6.07, 6.45) is 2.22. The molecule has 1 heterocycles. The van der Waals surface area contributed by atoms with Gasteiger partial charge in [-0.05, 0) is 26.7 Å². The highest BCUT2D eigenvalue weighted by molar-refractivity contribution is 9.12. The summed E-state index contributed by atoms with van der Waals surface area (Å²) in [5, 5.41) is 12.8. The molecule has 10 heteroatoms. The van der Waals surface area contributed by atoms with Crippen LogP contribution in [-0.2, 0) is 14.3 Å². The normalized spacial score (nSPS) is 40.2. The molecule has 0 spiro atoms. The third-order valence-corrected chi connectivity index (χ3v) is 8.47. The number of carbonyl (C=O) groups excluding carboxylic acids is 1. The number of aliphatic hydroxyl groups excluding tert-OH is 1. The van der Waals surface area contributed by atoms with Crippen LogP contribution in [0.4, 0.5) is 0 Å². The first-order valence-electron chi connectivity index (χ1n) is 8.07. The molecule has 26 heavy (non-hydrogen) atoms. The highest BCUT2D eigenvalue weighted by Crippen LogP contribution is 2.51. The minimum absolute atomic E-state index is 0.0952. The summed E-state index contributed by atoms with van der Waals surface area (Å²) < 4.78 is 9.06. The van der Waals surface area contributed by atoms with Crippen molar-refractivity contribution in [3.05, 3.63) is 12.7 Å². The predicted molar refractivity (Wildman–Crippen MR) is 110 cm³/mol. The van der Waals surface area contributed by atoms with E-state index in [1.807, 2.05) is 13.8 Å². The molecule has 0 bridgehead atoms. The zero-order valence-corrected chi connectivity index (χ0v) is 19.8. The summed E-state index contributed by atoms with van der Waals surface area (Å²) in [7, 11) is 0. The molecule has 1 amide bonds. The van der Waals surface area contributed by atoms with Gasteiger partial charge in [-0.1, -0.05) is 72.7 Å². The van der Waals surface area contributed by atoms with E-state index in [-0.39, 0.29) is 23.5 Å². The number of carbonyl (C=O) groups is 1. The average Bonchev–Trinajstić information content (AvgIpc) is 2.89. The van der Waals surface area contributed by atoms with Gasteiger partial charge in [0.05, 0.1) is 29.2 Å². The molecule has 1 saturated carbocycles. The SMILES string of the molecule is C=C[C@]1(NC(=O)C(Cl)(Cl)Cl)C[C@H](Br)[C@](Br)(CO)CC1[C@H]1COC(C)(C)O1. The van der Waals surface area contributed by atoms with E-state index < -0.39 is 25.4 Å². The molecule has 0 aromatic carbocycles. The minimum Gasteiger partial charge on any atom is -0.395 e. The van der Waals surface area contributed by atoms with E-state index in [0.29, 0.717) is 19.4 Å². The maximum Gasteiger partial charge on any atom is 0.272 e. The molecule has 2 aliphatic rings. The quantitative estimate of drug-likeness (QED) is 0.407. The fourth-order valence-corrected chi connectivity index (χ4v) is 5.08. The summed E-state index contributed by atoms with van der Waals surface area (Å²) in [5.74, 6) is -1.74. The van der Waals surface area contributed by atoms with E-state index in [2.05, 4.69) is 43.8 Å². The van der Waals surface area contributed by atoms with Gasteiger partial charge in [-0.2, -0.15) is 0 Å². The lowest BCUT2D eigenvalue weighted by Gasteiger charge is -2.52. The topological polar surface area (TPSA) is 67.8 Å². The Bertz CT molecular complexity index is 574. The van der Waals surface area contributed by atoms with Crippen LogP contribution in [0.25, 0.3) is 0 Å². The van der Waals surface area contributed by atoms with Crippen molar-refractivity contribution in [1.82, 2.24) is 5.32 Å². The van der Waals surface area contributed by atoms with Gasteiger partial charge in [0.25, 0.3) is 9.70 Å². The van der Waals surface area contributed by atoms with Crippen molar-refractivity contribution in [2.24, 2.45) is 5.92 Å². The van der Waals surface area contributed by atoms with Crippen LogP contribution in [0.1, 0.15) is 26.7 Å². The standard InChI is InChI=1S/C16H22Br2Cl3NO4/c1-4-15(22-12(24)16(19,20)21)6-11(17)14(18,8-23)5-9(15)10-7-25-13(2,3)26-10/h4,9-11,23H,1,5-8H2,2-3H3,(H,22,24)/t9?,10-,11+,14-,15+/m1/s1. The van der Waals surface area contributed by atoms with Gasteiger partial charge >= 0.3 is 0 Å². The molecule has 2 fully saturated rings. The monoisotopic (exact) mass is 555 g/mol. The van der Waals surface area contributed by atoms with Gasteiger partial charge in [0.2, 0.25) is 0 Å². The Hall–Kier alpha value is 0.920. The van der Waals surface area contributed by atoms with Crippen molar-refractivity contribution in [2.45, 2.75) is 57.1 Å². The van der Waals surface area contributed by atoms with Crippen LogP contribution in [-0.4, -0.2) is 54.6 Å². The van der Waals surface area contributed by atoms with Crippen LogP contribution in [0.15, 0.2) is 12.7 Å². The third kappa shape index (κ3) is 4.73. The van der Waals surface area contributed by atoms with Gasteiger partial charge < -0.3 is 19.9 Å². The van der Waals surface area contributed by atoms with Crippen molar-refractivity contribution in [2.75, 3.05) is 13.2 Å². The van der Waals surface area contributed by atoms with E-state index >= 15 is 0 Å². The van der Waals surface area contributed by atoms with Gasteiger partial charge in [-0.3, -0.25) is 4.79 Å². The Kier molecular flexibility index (Phi) is 7.12. The molecule has 5 atom stereocenters. The van der Waals surface area contributed by atoms with E-state index in [1.54, 1.807) is 6.08 Å². The largest absolute Gasteiger partial charge is 0.395 e. The van der Waals surface area contributed by atoms with Crippen LogP contribution >= 0.6 is 66.7 Å². The summed E-state index contributed by atoms with van der Waals surface area (Å²) >= 11 is 24.5. The lowest BCUT2D eigenvalue weighted by atomic mass is 9.66. The summed E-state index contributed by atoms with van der Waals surface area (Å²) in [6.45, 7) is 7.82. The molecule has 0 radical (unpaired) electrons. The van der Waals surface area contributed by atoms with Crippen LogP contribution in [0.2, 0.25) is 0 Å². The van der Waals surface area contributed by atoms with Crippen molar-refractivity contribution in [3.8, 4) is 0 Å². The summed E-state index contributed by atoms with van der Waals surface area (Å²) in [5.41, 5.74) is -0.907. The molecular weight excluding hydrogens is 536 g/mol. The van der Waals surface area contributed by atoms with Crippen molar-refractivity contribution in [3.63, 3.8) is 0 Å². The number of halogens is 5. The lowest BCUT2D eigenvalue weighted by Crippen LogP contribution is -2.65.